The number of rotatable bonds is 2. The number of ether oxygens (including phenoxy) is 1. The van der Waals surface area contributed by atoms with Crippen molar-refractivity contribution < 1.29 is 4.74 Å². The molecule has 1 heterocycles. The standard InChI is InChI=1S/C11H7ClN4O/c12-10-9(14)11(16-6-15-10)17-8-3-1-2-7(4-8)5-13/h1-4,6H,14H2. The van der Waals surface area contributed by atoms with Crippen molar-refractivity contribution in [2.45, 2.75) is 0 Å². The van der Waals surface area contributed by atoms with Gasteiger partial charge >= 0.3 is 0 Å². The van der Waals surface area contributed by atoms with Crippen LogP contribution in [-0.4, -0.2) is 9.97 Å². The van der Waals surface area contributed by atoms with E-state index in [-0.39, 0.29) is 16.7 Å². The van der Waals surface area contributed by atoms with Crippen molar-refractivity contribution in [3.05, 3.63) is 41.3 Å². The summed E-state index contributed by atoms with van der Waals surface area (Å²) in [5.74, 6) is 0.630. The van der Waals surface area contributed by atoms with Gasteiger partial charge in [0.15, 0.2) is 5.15 Å². The van der Waals surface area contributed by atoms with E-state index in [0.29, 0.717) is 11.3 Å². The highest BCUT2D eigenvalue weighted by Crippen LogP contribution is 2.28. The molecule has 5 nitrogen and oxygen atoms in total. The predicted octanol–water partition coefficient (Wildman–Crippen LogP) is 2.38. The summed E-state index contributed by atoms with van der Waals surface area (Å²) in [6, 6.07) is 8.65. The Hall–Kier alpha value is -2.32. The van der Waals surface area contributed by atoms with Crippen molar-refractivity contribution in [1.82, 2.24) is 9.97 Å². The van der Waals surface area contributed by atoms with Crippen LogP contribution in [0.5, 0.6) is 11.6 Å². The van der Waals surface area contributed by atoms with Crippen molar-refractivity contribution in [2.75, 3.05) is 5.73 Å². The SMILES string of the molecule is N#Cc1cccc(Oc2ncnc(Cl)c2N)c1. The van der Waals surface area contributed by atoms with Crippen LogP contribution < -0.4 is 10.5 Å². The smallest absolute Gasteiger partial charge is 0.247 e. The van der Waals surface area contributed by atoms with Gasteiger partial charge in [-0.2, -0.15) is 10.2 Å². The highest BCUT2D eigenvalue weighted by Gasteiger charge is 2.08. The summed E-state index contributed by atoms with van der Waals surface area (Å²) in [7, 11) is 0. The molecule has 0 aliphatic heterocycles. The highest BCUT2D eigenvalue weighted by atomic mass is 35.5. The molecule has 0 radical (unpaired) electrons. The third kappa shape index (κ3) is 2.44. The van der Waals surface area contributed by atoms with Gasteiger partial charge in [0.05, 0.1) is 11.6 Å². The topological polar surface area (TPSA) is 84.8 Å². The molecule has 0 spiro atoms. The summed E-state index contributed by atoms with van der Waals surface area (Å²) in [6.45, 7) is 0. The number of nitrogen functional groups attached to an aromatic ring is 1. The van der Waals surface area contributed by atoms with E-state index in [4.69, 9.17) is 27.3 Å². The van der Waals surface area contributed by atoms with Crippen LogP contribution in [-0.2, 0) is 0 Å². The van der Waals surface area contributed by atoms with Gasteiger partial charge < -0.3 is 10.5 Å². The van der Waals surface area contributed by atoms with Crippen LogP contribution in [0.25, 0.3) is 0 Å². The maximum atomic E-state index is 8.75. The molecule has 0 aliphatic rings. The van der Waals surface area contributed by atoms with Crippen molar-refractivity contribution in [2.24, 2.45) is 0 Å². The Morgan fingerprint density at radius 1 is 1.35 bits per heavy atom. The van der Waals surface area contributed by atoms with Crippen molar-refractivity contribution >= 4 is 17.3 Å². The van der Waals surface area contributed by atoms with E-state index in [1.54, 1.807) is 24.3 Å². The van der Waals surface area contributed by atoms with Crippen LogP contribution >= 0.6 is 11.6 Å². The molecular weight excluding hydrogens is 240 g/mol. The Bertz CT molecular complexity index is 594. The first-order valence-corrected chi connectivity index (χ1v) is 5.02. The van der Waals surface area contributed by atoms with Gasteiger partial charge in [-0.25, -0.2) is 4.98 Å². The summed E-state index contributed by atoms with van der Waals surface area (Å²) in [5, 5.41) is 8.88. The van der Waals surface area contributed by atoms with Gasteiger partial charge in [-0.15, -0.1) is 0 Å². The molecule has 2 aromatic rings. The third-order valence-electron chi connectivity index (χ3n) is 1.98. The number of nitrogens with zero attached hydrogens (tertiary/aromatic N) is 3. The van der Waals surface area contributed by atoms with Gasteiger partial charge in [-0.05, 0) is 18.2 Å². The number of halogens is 1. The number of hydrogen-bond acceptors (Lipinski definition) is 5. The van der Waals surface area contributed by atoms with E-state index >= 15 is 0 Å². The summed E-state index contributed by atoms with van der Waals surface area (Å²) < 4.78 is 5.42. The Kier molecular flexibility index (Phi) is 3.08. The molecule has 0 amide bonds. The maximum absolute atomic E-state index is 8.75. The average molecular weight is 247 g/mol. The Morgan fingerprint density at radius 3 is 2.94 bits per heavy atom. The molecule has 2 rings (SSSR count). The minimum absolute atomic E-state index is 0.131. The van der Waals surface area contributed by atoms with E-state index in [2.05, 4.69) is 9.97 Å². The lowest BCUT2D eigenvalue weighted by atomic mass is 10.2. The number of nitrogens with two attached hydrogens (primary N) is 1. The first-order chi connectivity index (χ1) is 8.20. The van der Waals surface area contributed by atoms with Crippen LogP contribution in [0.1, 0.15) is 5.56 Å². The van der Waals surface area contributed by atoms with E-state index in [9.17, 15) is 0 Å². The van der Waals surface area contributed by atoms with Gasteiger partial charge in [0.2, 0.25) is 5.88 Å². The van der Waals surface area contributed by atoms with Gasteiger partial charge in [0.1, 0.15) is 17.8 Å². The molecule has 1 aromatic heterocycles. The summed E-state index contributed by atoms with van der Waals surface area (Å²) in [6.07, 6.45) is 1.25. The number of nitriles is 1. The summed E-state index contributed by atoms with van der Waals surface area (Å²) in [5.41, 5.74) is 6.30. The Labute approximate surface area is 102 Å². The molecule has 0 aliphatic carbocycles. The monoisotopic (exact) mass is 246 g/mol. The molecule has 84 valence electrons. The predicted molar refractivity (Wildman–Crippen MR) is 62.7 cm³/mol. The van der Waals surface area contributed by atoms with Crippen LogP contribution in [0.3, 0.4) is 0 Å². The fraction of sp³-hybridized carbons (Fsp3) is 0. The zero-order chi connectivity index (χ0) is 12.3. The van der Waals surface area contributed by atoms with Gasteiger partial charge in [0, 0.05) is 0 Å². The van der Waals surface area contributed by atoms with Crippen molar-refractivity contribution in [3.8, 4) is 17.7 Å². The van der Waals surface area contributed by atoms with E-state index in [1.807, 2.05) is 6.07 Å². The summed E-state index contributed by atoms with van der Waals surface area (Å²) in [4.78, 5) is 7.58. The first-order valence-electron chi connectivity index (χ1n) is 4.64. The minimum Gasteiger partial charge on any atom is -0.437 e. The molecule has 0 atom stereocenters. The molecule has 2 N–H and O–H groups in total. The molecule has 1 aromatic carbocycles. The minimum atomic E-state index is 0.131. The molecule has 17 heavy (non-hydrogen) atoms. The van der Waals surface area contributed by atoms with Gasteiger partial charge in [0.25, 0.3) is 0 Å². The second-order valence-electron chi connectivity index (χ2n) is 3.13. The second kappa shape index (κ2) is 4.68. The molecule has 0 saturated carbocycles. The zero-order valence-corrected chi connectivity index (χ0v) is 9.35. The number of benzene rings is 1. The molecule has 0 bridgehead atoms. The van der Waals surface area contributed by atoms with Crippen LogP contribution in [0.2, 0.25) is 5.15 Å². The first kappa shape index (κ1) is 11.2. The van der Waals surface area contributed by atoms with Gasteiger partial charge in [-0.1, -0.05) is 17.7 Å². The number of aromatic nitrogens is 2. The van der Waals surface area contributed by atoms with Crippen LogP contribution in [0, 0.1) is 11.3 Å². The van der Waals surface area contributed by atoms with Crippen LogP contribution in [0.15, 0.2) is 30.6 Å². The quantitative estimate of drug-likeness (QED) is 0.823. The van der Waals surface area contributed by atoms with E-state index in [1.165, 1.54) is 6.33 Å². The molecular formula is C11H7ClN4O. The lowest BCUT2D eigenvalue weighted by Gasteiger charge is -2.07. The van der Waals surface area contributed by atoms with E-state index < -0.39 is 0 Å². The van der Waals surface area contributed by atoms with Crippen LogP contribution in [0.4, 0.5) is 5.69 Å². The number of hydrogen-bond donors (Lipinski definition) is 1. The molecule has 6 heteroatoms. The second-order valence-corrected chi connectivity index (χ2v) is 3.48. The fourth-order valence-electron chi connectivity index (χ4n) is 1.18. The Morgan fingerprint density at radius 2 is 2.18 bits per heavy atom. The van der Waals surface area contributed by atoms with Crippen molar-refractivity contribution in [1.29, 1.82) is 5.26 Å². The average Bonchev–Trinajstić information content (AvgIpc) is 2.35. The normalized spacial score (nSPS) is 9.65. The van der Waals surface area contributed by atoms with Crippen molar-refractivity contribution in [3.63, 3.8) is 0 Å². The highest BCUT2D eigenvalue weighted by molar-refractivity contribution is 6.32. The summed E-state index contributed by atoms with van der Waals surface area (Å²) >= 11 is 5.73. The molecule has 0 saturated heterocycles. The lowest BCUT2D eigenvalue weighted by Crippen LogP contribution is -1.97. The number of anilines is 1. The lowest BCUT2D eigenvalue weighted by molar-refractivity contribution is 0.464. The Balaban J connectivity index is 2.32. The zero-order valence-electron chi connectivity index (χ0n) is 8.59. The molecule has 0 unspecified atom stereocenters. The largest absolute Gasteiger partial charge is 0.437 e. The molecule has 0 fully saturated rings. The maximum Gasteiger partial charge on any atom is 0.247 e. The third-order valence-corrected chi connectivity index (χ3v) is 2.28. The van der Waals surface area contributed by atoms with E-state index in [0.717, 1.165) is 0 Å². The fourth-order valence-corrected chi connectivity index (χ4v) is 1.31. The van der Waals surface area contributed by atoms with Gasteiger partial charge in [-0.3, -0.25) is 0 Å².